The molecule has 106 valence electrons. The van der Waals surface area contributed by atoms with Crippen LogP contribution in [-0.2, 0) is 12.8 Å². The van der Waals surface area contributed by atoms with Crippen LogP contribution in [0.25, 0.3) is 0 Å². The van der Waals surface area contributed by atoms with E-state index < -0.39 is 18.3 Å². The first-order valence-corrected chi connectivity index (χ1v) is 7.24. The smallest absolute Gasteiger partial charge is 0.392 e. The van der Waals surface area contributed by atoms with Gasteiger partial charge in [-0.15, -0.1) is 0 Å². The van der Waals surface area contributed by atoms with Crippen molar-refractivity contribution < 1.29 is 18.3 Å². The van der Waals surface area contributed by atoms with Crippen LogP contribution in [0.3, 0.4) is 0 Å². The highest BCUT2D eigenvalue weighted by molar-refractivity contribution is 7.99. The summed E-state index contributed by atoms with van der Waals surface area (Å²) in [4.78, 5) is 1.99. The summed E-state index contributed by atoms with van der Waals surface area (Å²) in [7, 11) is 0. The molecular formula is C13H16F3NOS. The van der Waals surface area contributed by atoms with Crippen LogP contribution >= 0.6 is 11.8 Å². The van der Waals surface area contributed by atoms with Crippen molar-refractivity contribution >= 4 is 17.4 Å². The van der Waals surface area contributed by atoms with Gasteiger partial charge in [-0.3, -0.25) is 0 Å². The lowest BCUT2D eigenvalue weighted by Gasteiger charge is -2.35. The maximum atomic E-state index is 12.9. The van der Waals surface area contributed by atoms with Gasteiger partial charge in [0, 0.05) is 29.8 Å². The molecule has 0 radical (unpaired) electrons. The Kier molecular flexibility index (Phi) is 4.30. The van der Waals surface area contributed by atoms with E-state index in [2.05, 4.69) is 0 Å². The Balaban J connectivity index is 2.37. The standard InChI is InChI=1S/C13H16F3NOS/c1-9-8-19-5-4-17(9)11-3-2-10(7-18)12(6-11)13(14,15)16/h2-3,6,9,18H,4-5,7-8H2,1H3. The van der Waals surface area contributed by atoms with Gasteiger partial charge in [-0.25, -0.2) is 0 Å². The maximum Gasteiger partial charge on any atom is 0.416 e. The quantitative estimate of drug-likeness (QED) is 0.905. The lowest BCUT2D eigenvalue weighted by molar-refractivity contribution is -0.138. The zero-order chi connectivity index (χ0) is 14.0. The van der Waals surface area contributed by atoms with Crippen LogP contribution in [0.5, 0.6) is 0 Å². The van der Waals surface area contributed by atoms with Crippen LogP contribution < -0.4 is 4.90 Å². The number of nitrogens with zero attached hydrogens (tertiary/aromatic N) is 1. The molecule has 1 atom stereocenters. The molecule has 1 aromatic rings. The highest BCUT2D eigenvalue weighted by Crippen LogP contribution is 2.35. The number of rotatable bonds is 2. The molecule has 1 heterocycles. The second kappa shape index (κ2) is 5.63. The van der Waals surface area contributed by atoms with Crippen molar-refractivity contribution in [2.75, 3.05) is 23.0 Å². The van der Waals surface area contributed by atoms with Crippen molar-refractivity contribution in [2.24, 2.45) is 0 Å². The molecule has 1 saturated heterocycles. The average Bonchev–Trinajstić information content (AvgIpc) is 2.37. The molecule has 0 amide bonds. The molecule has 6 heteroatoms. The van der Waals surface area contributed by atoms with E-state index in [0.717, 1.165) is 24.1 Å². The molecule has 0 aliphatic carbocycles. The molecule has 2 rings (SSSR count). The van der Waals surface area contributed by atoms with Gasteiger partial charge in [0.15, 0.2) is 0 Å². The van der Waals surface area contributed by atoms with Gasteiger partial charge in [0.05, 0.1) is 12.2 Å². The Morgan fingerprint density at radius 2 is 2.16 bits per heavy atom. The van der Waals surface area contributed by atoms with Crippen molar-refractivity contribution in [1.82, 2.24) is 0 Å². The van der Waals surface area contributed by atoms with Crippen LogP contribution in [-0.4, -0.2) is 29.2 Å². The minimum Gasteiger partial charge on any atom is -0.392 e. The van der Waals surface area contributed by atoms with E-state index in [1.165, 1.54) is 6.07 Å². The third-order valence-electron chi connectivity index (χ3n) is 3.27. The molecule has 0 bridgehead atoms. The summed E-state index contributed by atoms with van der Waals surface area (Å²) in [6.07, 6.45) is -4.43. The number of hydrogen-bond acceptors (Lipinski definition) is 3. The number of alkyl halides is 3. The van der Waals surface area contributed by atoms with Gasteiger partial charge in [0.1, 0.15) is 0 Å². The first kappa shape index (κ1) is 14.5. The number of benzene rings is 1. The molecule has 1 aliphatic heterocycles. The van der Waals surface area contributed by atoms with Gasteiger partial charge in [-0.1, -0.05) is 6.07 Å². The van der Waals surface area contributed by atoms with Crippen molar-refractivity contribution in [2.45, 2.75) is 25.7 Å². The highest BCUT2D eigenvalue weighted by Gasteiger charge is 2.34. The van der Waals surface area contributed by atoms with Gasteiger partial charge < -0.3 is 10.0 Å². The van der Waals surface area contributed by atoms with Crippen molar-refractivity contribution in [3.63, 3.8) is 0 Å². The third kappa shape index (κ3) is 3.17. The van der Waals surface area contributed by atoms with Gasteiger partial charge in [-0.2, -0.15) is 24.9 Å². The lowest BCUT2D eigenvalue weighted by Crippen LogP contribution is -2.40. The normalized spacial score (nSPS) is 20.7. The predicted octanol–water partition coefficient (Wildman–Crippen LogP) is 3.14. The summed E-state index contributed by atoms with van der Waals surface area (Å²) in [5.41, 5.74) is -0.231. The molecule has 19 heavy (non-hydrogen) atoms. The first-order chi connectivity index (χ1) is 8.93. The lowest BCUT2D eigenvalue weighted by atomic mass is 10.1. The minimum absolute atomic E-state index is 0.0738. The minimum atomic E-state index is -4.43. The average molecular weight is 291 g/mol. The van der Waals surface area contributed by atoms with Crippen molar-refractivity contribution in [3.05, 3.63) is 29.3 Å². The Labute approximate surface area is 114 Å². The van der Waals surface area contributed by atoms with E-state index in [-0.39, 0.29) is 11.6 Å². The van der Waals surface area contributed by atoms with Crippen LogP contribution in [0.15, 0.2) is 18.2 Å². The van der Waals surface area contributed by atoms with E-state index in [4.69, 9.17) is 5.11 Å². The van der Waals surface area contributed by atoms with E-state index >= 15 is 0 Å². The second-order valence-electron chi connectivity index (χ2n) is 4.61. The second-order valence-corrected chi connectivity index (χ2v) is 5.76. The Morgan fingerprint density at radius 1 is 1.42 bits per heavy atom. The fraction of sp³-hybridized carbons (Fsp3) is 0.538. The fourth-order valence-electron chi connectivity index (χ4n) is 2.26. The Bertz CT molecular complexity index is 450. The van der Waals surface area contributed by atoms with Crippen LogP contribution in [0.4, 0.5) is 18.9 Å². The number of anilines is 1. The summed E-state index contributed by atoms with van der Waals surface area (Å²) in [6, 6.07) is 4.40. The van der Waals surface area contributed by atoms with Crippen LogP contribution in [0.2, 0.25) is 0 Å². The number of aliphatic hydroxyl groups is 1. The third-order valence-corrected chi connectivity index (χ3v) is 4.46. The summed E-state index contributed by atoms with van der Waals surface area (Å²) >= 11 is 1.81. The fourth-order valence-corrected chi connectivity index (χ4v) is 3.27. The van der Waals surface area contributed by atoms with Gasteiger partial charge in [0.2, 0.25) is 0 Å². The topological polar surface area (TPSA) is 23.5 Å². The molecule has 1 unspecified atom stereocenters. The summed E-state index contributed by atoms with van der Waals surface area (Å²) < 4.78 is 38.8. The SMILES string of the molecule is CC1CSCCN1c1ccc(CO)c(C(F)(F)F)c1. The maximum absolute atomic E-state index is 12.9. The van der Waals surface area contributed by atoms with Gasteiger partial charge >= 0.3 is 6.18 Å². The predicted molar refractivity (Wildman–Crippen MR) is 71.5 cm³/mol. The largest absolute Gasteiger partial charge is 0.416 e. The number of halogens is 3. The van der Waals surface area contributed by atoms with E-state index in [1.54, 1.807) is 6.07 Å². The van der Waals surface area contributed by atoms with Crippen LogP contribution in [0.1, 0.15) is 18.1 Å². The monoisotopic (exact) mass is 291 g/mol. The Hall–Kier alpha value is -0.880. The zero-order valence-electron chi connectivity index (χ0n) is 10.6. The number of aliphatic hydroxyl groups excluding tert-OH is 1. The molecule has 1 aliphatic rings. The van der Waals surface area contributed by atoms with Crippen molar-refractivity contribution in [1.29, 1.82) is 0 Å². The molecule has 1 aromatic carbocycles. The number of thioether (sulfide) groups is 1. The van der Waals surface area contributed by atoms with E-state index in [0.29, 0.717) is 5.69 Å². The molecular weight excluding hydrogens is 275 g/mol. The van der Waals surface area contributed by atoms with Crippen molar-refractivity contribution in [3.8, 4) is 0 Å². The molecule has 0 aromatic heterocycles. The summed E-state index contributed by atoms with van der Waals surface area (Å²) in [5.74, 6) is 1.84. The summed E-state index contributed by atoms with van der Waals surface area (Å²) in [6.45, 7) is 2.17. The molecule has 1 fully saturated rings. The molecule has 0 spiro atoms. The molecule has 0 saturated carbocycles. The number of hydrogen-bond donors (Lipinski definition) is 1. The molecule has 1 N–H and O–H groups in total. The summed E-state index contributed by atoms with van der Waals surface area (Å²) in [5, 5.41) is 9.02. The van der Waals surface area contributed by atoms with Crippen LogP contribution in [0, 0.1) is 0 Å². The van der Waals surface area contributed by atoms with E-state index in [9.17, 15) is 13.2 Å². The Morgan fingerprint density at radius 3 is 2.74 bits per heavy atom. The molecule has 2 nitrogen and oxygen atoms in total. The van der Waals surface area contributed by atoms with E-state index in [1.807, 2.05) is 23.6 Å². The van der Waals surface area contributed by atoms with Gasteiger partial charge in [-0.05, 0) is 24.6 Å². The highest BCUT2D eigenvalue weighted by atomic mass is 32.2. The van der Waals surface area contributed by atoms with Gasteiger partial charge in [0.25, 0.3) is 0 Å². The first-order valence-electron chi connectivity index (χ1n) is 6.09. The zero-order valence-corrected chi connectivity index (χ0v) is 11.4.